The van der Waals surface area contributed by atoms with E-state index in [1.165, 1.54) is 6.07 Å². The summed E-state index contributed by atoms with van der Waals surface area (Å²) in [5.41, 5.74) is 2.90. The summed E-state index contributed by atoms with van der Waals surface area (Å²) in [4.78, 5) is 10.8. The highest BCUT2D eigenvalue weighted by Crippen LogP contribution is 2.33. The van der Waals surface area contributed by atoms with Crippen molar-refractivity contribution in [3.63, 3.8) is 0 Å². The molecule has 2 N–H and O–H groups in total. The van der Waals surface area contributed by atoms with Gasteiger partial charge < -0.3 is 14.7 Å². The predicted molar refractivity (Wildman–Crippen MR) is 64.8 cm³/mol. The summed E-state index contributed by atoms with van der Waals surface area (Å²) in [6, 6.07) is 3.13. The van der Waals surface area contributed by atoms with E-state index in [-0.39, 0.29) is 11.4 Å². The quantitative estimate of drug-likeness (QED) is 0.852. The molecule has 0 aliphatic carbocycles. The molecular formula is C13H13NO4. The number of carboxylic acids is 1. The van der Waals surface area contributed by atoms with Crippen LogP contribution in [0.2, 0.25) is 0 Å². The highest BCUT2D eigenvalue weighted by atomic mass is 16.5. The highest BCUT2D eigenvalue weighted by Gasteiger charge is 2.16. The number of benzene rings is 1. The second-order valence-corrected chi connectivity index (χ2v) is 4.22. The van der Waals surface area contributed by atoms with E-state index in [1.54, 1.807) is 19.9 Å². The summed E-state index contributed by atoms with van der Waals surface area (Å²) in [6.07, 6.45) is 0. The molecular weight excluding hydrogens is 234 g/mol. The van der Waals surface area contributed by atoms with Gasteiger partial charge >= 0.3 is 5.97 Å². The maximum atomic E-state index is 10.8. The standard InChI is InChI=1S/C13H13NO4/c1-6-4-9(7(2)8(3)12(6)15)11-5-10(13(16)17)14-18-11/h4-5,15H,1-3H3,(H,16,17). The summed E-state index contributed by atoms with van der Waals surface area (Å²) in [5.74, 6) is -0.500. The molecule has 0 unspecified atom stereocenters. The third kappa shape index (κ3) is 1.84. The van der Waals surface area contributed by atoms with Crippen molar-refractivity contribution in [1.29, 1.82) is 0 Å². The lowest BCUT2D eigenvalue weighted by Crippen LogP contribution is -1.94. The minimum absolute atomic E-state index is 0.132. The van der Waals surface area contributed by atoms with E-state index in [2.05, 4.69) is 5.16 Å². The van der Waals surface area contributed by atoms with Crippen LogP contribution in [0, 0.1) is 20.8 Å². The molecule has 0 aliphatic rings. The first-order valence-corrected chi connectivity index (χ1v) is 5.42. The van der Waals surface area contributed by atoms with Gasteiger partial charge in [-0.3, -0.25) is 0 Å². The van der Waals surface area contributed by atoms with Gasteiger partial charge in [-0.1, -0.05) is 5.16 Å². The van der Waals surface area contributed by atoms with Crippen LogP contribution in [-0.4, -0.2) is 21.3 Å². The molecule has 5 nitrogen and oxygen atoms in total. The molecule has 0 spiro atoms. The predicted octanol–water partition coefficient (Wildman–Crippen LogP) is 2.67. The zero-order chi connectivity index (χ0) is 13.4. The van der Waals surface area contributed by atoms with E-state index < -0.39 is 5.97 Å². The fourth-order valence-electron chi connectivity index (χ4n) is 1.83. The normalized spacial score (nSPS) is 10.6. The molecule has 1 heterocycles. The monoisotopic (exact) mass is 247 g/mol. The number of nitrogens with zero attached hydrogens (tertiary/aromatic N) is 1. The molecule has 2 aromatic rings. The highest BCUT2D eigenvalue weighted by molar-refractivity contribution is 5.86. The summed E-state index contributed by atoms with van der Waals surface area (Å²) < 4.78 is 5.03. The van der Waals surface area contributed by atoms with Crippen molar-refractivity contribution in [3.8, 4) is 17.1 Å². The van der Waals surface area contributed by atoms with Gasteiger partial charge in [0.25, 0.3) is 0 Å². The molecule has 1 aromatic carbocycles. The van der Waals surface area contributed by atoms with Crippen LogP contribution in [0.3, 0.4) is 0 Å². The Kier molecular flexibility index (Phi) is 2.82. The van der Waals surface area contributed by atoms with Gasteiger partial charge in [0.05, 0.1) is 0 Å². The number of hydrogen-bond donors (Lipinski definition) is 2. The maximum Gasteiger partial charge on any atom is 0.358 e. The van der Waals surface area contributed by atoms with E-state index in [0.717, 1.165) is 16.7 Å². The topological polar surface area (TPSA) is 83.6 Å². The molecule has 0 amide bonds. The number of phenolic OH excluding ortho intramolecular Hbond substituents is 1. The zero-order valence-corrected chi connectivity index (χ0v) is 10.3. The van der Waals surface area contributed by atoms with Crippen molar-refractivity contribution in [3.05, 3.63) is 34.5 Å². The first kappa shape index (κ1) is 12.2. The SMILES string of the molecule is Cc1cc(-c2cc(C(=O)O)no2)c(C)c(C)c1O. The molecule has 0 saturated carbocycles. The van der Waals surface area contributed by atoms with Crippen LogP contribution in [0.1, 0.15) is 27.2 Å². The van der Waals surface area contributed by atoms with Gasteiger partial charge in [0, 0.05) is 11.6 Å². The number of aromatic nitrogens is 1. The molecule has 0 saturated heterocycles. The van der Waals surface area contributed by atoms with E-state index in [9.17, 15) is 9.90 Å². The third-order valence-electron chi connectivity index (χ3n) is 3.05. The number of aryl methyl sites for hydroxylation is 1. The van der Waals surface area contributed by atoms with Crippen LogP contribution in [0.15, 0.2) is 16.7 Å². The van der Waals surface area contributed by atoms with Gasteiger partial charge in [0.15, 0.2) is 11.5 Å². The second kappa shape index (κ2) is 4.18. The molecule has 18 heavy (non-hydrogen) atoms. The van der Waals surface area contributed by atoms with E-state index >= 15 is 0 Å². The van der Waals surface area contributed by atoms with Crippen LogP contribution in [0.4, 0.5) is 0 Å². The average molecular weight is 247 g/mol. The third-order valence-corrected chi connectivity index (χ3v) is 3.05. The summed E-state index contributed by atoms with van der Waals surface area (Å²) in [7, 11) is 0. The number of aromatic carboxylic acids is 1. The van der Waals surface area contributed by atoms with Crippen molar-refractivity contribution >= 4 is 5.97 Å². The smallest absolute Gasteiger partial charge is 0.358 e. The molecule has 94 valence electrons. The molecule has 0 bridgehead atoms. The van der Waals surface area contributed by atoms with Crippen LogP contribution < -0.4 is 0 Å². The van der Waals surface area contributed by atoms with Crippen LogP contribution >= 0.6 is 0 Å². The van der Waals surface area contributed by atoms with Gasteiger partial charge in [-0.05, 0) is 43.5 Å². The number of rotatable bonds is 2. The molecule has 1 aromatic heterocycles. The molecule has 0 aliphatic heterocycles. The van der Waals surface area contributed by atoms with Crippen molar-refractivity contribution in [2.75, 3.05) is 0 Å². The van der Waals surface area contributed by atoms with Crippen LogP contribution in [0.25, 0.3) is 11.3 Å². The lowest BCUT2D eigenvalue weighted by atomic mass is 9.97. The van der Waals surface area contributed by atoms with Gasteiger partial charge in [0.2, 0.25) is 0 Å². The Morgan fingerprint density at radius 2 is 1.89 bits per heavy atom. The Hall–Kier alpha value is -2.30. The van der Waals surface area contributed by atoms with Crippen molar-refractivity contribution in [2.45, 2.75) is 20.8 Å². The van der Waals surface area contributed by atoms with Crippen molar-refractivity contribution < 1.29 is 19.5 Å². The van der Waals surface area contributed by atoms with Gasteiger partial charge in [-0.2, -0.15) is 0 Å². The van der Waals surface area contributed by atoms with Crippen LogP contribution in [0.5, 0.6) is 5.75 Å². The van der Waals surface area contributed by atoms with E-state index in [4.69, 9.17) is 9.63 Å². The number of aromatic hydroxyl groups is 1. The van der Waals surface area contributed by atoms with Gasteiger partial charge in [0.1, 0.15) is 5.75 Å². The lowest BCUT2D eigenvalue weighted by molar-refractivity contribution is 0.0686. The summed E-state index contributed by atoms with van der Waals surface area (Å²) >= 11 is 0. The van der Waals surface area contributed by atoms with E-state index in [1.807, 2.05) is 6.92 Å². The first-order valence-electron chi connectivity index (χ1n) is 5.42. The van der Waals surface area contributed by atoms with Gasteiger partial charge in [-0.25, -0.2) is 4.79 Å². The van der Waals surface area contributed by atoms with Crippen molar-refractivity contribution in [2.24, 2.45) is 0 Å². The number of hydrogen-bond acceptors (Lipinski definition) is 4. The molecule has 0 radical (unpaired) electrons. The largest absolute Gasteiger partial charge is 0.507 e. The average Bonchev–Trinajstić information content (AvgIpc) is 2.80. The Morgan fingerprint density at radius 3 is 2.44 bits per heavy atom. The Balaban J connectivity index is 2.60. The molecule has 0 atom stereocenters. The zero-order valence-electron chi connectivity index (χ0n) is 10.3. The van der Waals surface area contributed by atoms with Crippen LogP contribution in [-0.2, 0) is 0 Å². The Bertz CT molecular complexity index is 628. The minimum atomic E-state index is -1.13. The molecule has 0 fully saturated rings. The van der Waals surface area contributed by atoms with Gasteiger partial charge in [-0.15, -0.1) is 0 Å². The molecule has 5 heteroatoms. The fraction of sp³-hybridized carbons (Fsp3) is 0.231. The minimum Gasteiger partial charge on any atom is -0.507 e. The molecule has 2 rings (SSSR count). The summed E-state index contributed by atoms with van der Waals surface area (Å²) in [5, 5.41) is 22.1. The first-order chi connectivity index (χ1) is 8.41. The number of carbonyl (C=O) groups is 1. The maximum absolute atomic E-state index is 10.8. The Labute approximate surface area is 104 Å². The lowest BCUT2D eigenvalue weighted by Gasteiger charge is -2.10. The summed E-state index contributed by atoms with van der Waals surface area (Å²) in [6.45, 7) is 5.42. The number of carboxylic acid groups (broad SMARTS) is 1. The Morgan fingerprint density at radius 1 is 1.22 bits per heavy atom. The van der Waals surface area contributed by atoms with E-state index in [0.29, 0.717) is 11.3 Å². The second-order valence-electron chi connectivity index (χ2n) is 4.22. The van der Waals surface area contributed by atoms with Crippen molar-refractivity contribution in [1.82, 2.24) is 5.16 Å². The number of phenols is 1. The fourth-order valence-corrected chi connectivity index (χ4v) is 1.83.